The fourth-order valence-corrected chi connectivity index (χ4v) is 3.59. The second-order valence-corrected chi connectivity index (χ2v) is 6.88. The largest absolute Gasteiger partial charge is 0.354 e. The summed E-state index contributed by atoms with van der Waals surface area (Å²) in [6, 6.07) is 5.94. The molecule has 1 aromatic carbocycles. The number of hydrogen-bond donors (Lipinski definition) is 3. The summed E-state index contributed by atoms with van der Waals surface area (Å²) in [7, 11) is 0. The van der Waals surface area contributed by atoms with E-state index in [9.17, 15) is 0 Å². The van der Waals surface area contributed by atoms with Crippen molar-refractivity contribution >= 4 is 40.0 Å². The van der Waals surface area contributed by atoms with E-state index in [1.807, 2.05) is 18.2 Å². The van der Waals surface area contributed by atoms with Crippen molar-refractivity contribution in [3.8, 4) is 0 Å². The van der Waals surface area contributed by atoms with Crippen LogP contribution in [0, 0.1) is 0 Å². The van der Waals surface area contributed by atoms with Crippen molar-refractivity contribution in [1.82, 2.24) is 30.1 Å². The van der Waals surface area contributed by atoms with Gasteiger partial charge in [0, 0.05) is 42.7 Å². The van der Waals surface area contributed by atoms with Crippen LogP contribution >= 0.6 is 11.6 Å². The molecule has 27 heavy (non-hydrogen) atoms. The van der Waals surface area contributed by atoms with Gasteiger partial charge in [0.05, 0.1) is 29.9 Å². The fourth-order valence-electron chi connectivity index (χ4n) is 3.38. The van der Waals surface area contributed by atoms with Gasteiger partial charge in [0.2, 0.25) is 5.95 Å². The van der Waals surface area contributed by atoms with Crippen LogP contribution in [0.2, 0.25) is 5.02 Å². The Balaban J connectivity index is 1.40. The van der Waals surface area contributed by atoms with Gasteiger partial charge in [-0.1, -0.05) is 11.6 Å². The summed E-state index contributed by atoms with van der Waals surface area (Å²) >= 11 is 6.40. The van der Waals surface area contributed by atoms with Crippen LogP contribution in [-0.2, 0) is 12.8 Å². The minimum Gasteiger partial charge on any atom is -0.354 e. The zero-order chi connectivity index (χ0) is 18.2. The Bertz CT molecular complexity index is 1080. The number of aromatic amines is 2. The van der Waals surface area contributed by atoms with E-state index in [0.29, 0.717) is 11.0 Å². The first-order chi connectivity index (χ1) is 13.3. The van der Waals surface area contributed by atoms with Crippen LogP contribution in [-0.4, -0.2) is 43.2 Å². The smallest absolute Gasteiger partial charge is 0.229 e. The van der Waals surface area contributed by atoms with Crippen molar-refractivity contribution < 1.29 is 0 Å². The summed E-state index contributed by atoms with van der Waals surface area (Å²) in [5.41, 5.74) is 4.15. The quantitative estimate of drug-likeness (QED) is 0.505. The average Bonchev–Trinajstić information content (AvgIpc) is 3.28. The van der Waals surface area contributed by atoms with Gasteiger partial charge in [-0.15, -0.1) is 0 Å². The molecule has 9 heteroatoms. The van der Waals surface area contributed by atoms with E-state index in [1.54, 1.807) is 18.7 Å². The number of H-pyrrole nitrogens is 2. The Morgan fingerprint density at radius 3 is 3.00 bits per heavy atom. The van der Waals surface area contributed by atoms with Gasteiger partial charge in [0.25, 0.3) is 0 Å². The van der Waals surface area contributed by atoms with Crippen LogP contribution in [0.15, 0.2) is 36.9 Å². The van der Waals surface area contributed by atoms with Gasteiger partial charge in [0.1, 0.15) is 5.02 Å². The summed E-state index contributed by atoms with van der Waals surface area (Å²) in [6.45, 7) is 1.64. The number of fused-ring (bicyclic) bond motifs is 2. The second kappa shape index (κ2) is 6.55. The van der Waals surface area contributed by atoms with Crippen molar-refractivity contribution in [2.75, 3.05) is 23.3 Å². The van der Waals surface area contributed by atoms with Crippen LogP contribution in [0.1, 0.15) is 11.4 Å². The predicted octanol–water partition coefficient (Wildman–Crippen LogP) is 3.08. The summed E-state index contributed by atoms with van der Waals surface area (Å²) in [4.78, 5) is 18.8. The lowest BCUT2D eigenvalue weighted by molar-refractivity contribution is 0.779. The molecule has 0 saturated carbocycles. The number of benzene rings is 1. The molecule has 136 valence electrons. The normalized spacial score (nSPS) is 14.2. The Hall–Kier alpha value is -3.13. The van der Waals surface area contributed by atoms with Crippen molar-refractivity contribution in [3.63, 3.8) is 0 Å². The second-order valence-electron chi connectivity index (χ2n) is 6.48. The summed E-state index contributed by atoms with van der Waals surface area (Å²) in [5.74, 6) is 1.25. The highest BCUT2D eigenvalue weighted by Gasteiger charge is 2.19. The Labute approximate surface area is 160 Å². The Kier molecular flexibility index (Phi) is 3.90. The molecule has 8 nitrogen and oxygen atoms in total. The number of hydrogen-bond acceptors (Lipinski definition) is 6. The van der Waals surface area contributed by atoms with E-state index in [2.05, 4.69) is 40.3 Å². The lowest BCUT2D eigenvalue weighted by Crippen LogP contribution is -2.27. The number of aromatic nitrogens is 6. The highest BCUT2D eigenvalue weighted by Crippen LogP contribution is 2.27. The Morgan fingerprint density at radius 1 is 1.11 bits per heavy atom. The maximum atomic E-state index is 6.40. The van der Waals surface area contributed by atoms with E-state index < -0.39 is 0 Å². The zero-order valence-corrected chi connectivity index (χ0v) is 15.2. The number of nitrogens with one attached hydrogen (secondary N) is 3. The molecule has 0 radical (unpaired) electrons. The first-order valence-corrected chi connectivity index (χ1v) is 9.13. The molecule has 1 aliphatic rings. The lowest BCUT2D eigenvalue weighted by Gasteiger charge is -2.22. The van der Waals surface area contributed by atoms with Crippen molar-refractivity contribution in [2.24, 2.45) is 0 Å². The monoisotopic (exact) mass is 380 g/mol. The minimum atomic E-state index is 0.508. The van der Waals surface area contributed by atoms with Gasteiger partial charge in [-0.05, 0) is 18.2 Å². The van der Waals surface area contributed by atoms with Gasteiger partial charge in [0.15, 0.2) is 5.82 Å². The van der Waals surface area contributed by atoms with Crippen molar-refractivity contribution in [3.05, 3.63) is 53.3 Å². The molecular formula is C18H17ClN8. The van der Waals surface area contributed by atoms with E-state index in [-0.39, 0.29) is 0 Å². The number of nitrogens with zero attached hydrogens (tertiary/aromatic N) is 5. The highest BCUT2D eigenvalue weighted by atomic mass is 35.5. The molecule has 3 N–H and O–H groups in total. The van der Waals surface area contributed by atoms with Gasteiger partial charge < -0.3 is 15.2 Å². The third kappa shape index (κ3) is 3.08. The molecule has 5 rings (SSSR count). The van der Waals surface area contributed by atoms with E-state index in [1.165, 1.54) is 5.69 Å². The lowest BCUT2D eigenvalue weighted by atomic mass is 10.2. The van der Waals surface area contributed by atoms with E-state index in [4.69, 9.17) is 11.6 Å². The maximum Gasteiger partial charge on any atom is 0.229 e. The molecule has 3 aromatic heterocycles. The molecule has 0 amide bonds. The molecule has 0 saturated heterocycles. The zero-order valence-electron chi connectivity index (χ0n) is 14.4. The fraction of sp³-hybridized carbons (Fsp3) is 0.222. The number of anilines is 3. The van der Waals surface area contributed by atoms with Crippen LogP contribution in [0.4, 0.5) is 17.5 Å². The van der Waals surface area contributed by atoms with Gasteiger partial charge in [-0.2, -0.15) is 10.1 Å². The molecule has 4 aromatic rings. The van der Waals surface area contributed by atoms with Crippen LogP contribution in [0.3, 0.4) is 0 Å². The molecule has 0 bridgehead atoms. The SMILES string of the molecule is Clc1cnc(Nc2ccc3cn[nH]c3c2)nc1N1CCc2nc[nH]c2CC1. The molecule has 0 atom stereocenters. The molecule has 4 heterocycles. The maximum absolute atomic E-state index is 6.40. The van der Waals surface area contributed by atoms with Gasteiger partial charge in [-0.3, -0.25) is 5.10 Å². The third-order valence-corrected chi connectivity index (χ3v) is 5.05. The van der Waals surface area contributed by atoms with Crippen LogP contribution in [0.25, 0.3) is 10.9 Å². The first kappa shape index (κ1) is 16.1. The summed E-state index contributed by atoms with van der Waals surface area (Å²) in [5, 5.41) is 11.9. The highest BCUT2D eigenvalue weighted by molar-refractivity contribution is 6.32. The van der Waals surface area contributed by atoms with Crippen molar-refractivity contribution in [2.45, 2.75) is 12.8 Å². The van der Waals surface area contributed by atoms with Gasteiger partial charge >= 0.3 is 0 Å². The molecule has 0 spiro atoms. The topological polar surface area (TPSA) is 98.4 Å². The molecular weight excluding hydrogens is 364 g/mol. The average molecular weight is 381 g/mol. The third-order valence-electron chi connectivity index (χ3n) is 4.78. The van der Waals surface area contributed by atoms with E-state index >= 15 is 0 Å². The molecule has 1 aliphatic heterocycles. The first-order valence-electron chi connectivity index (χ1n) is 8.75. The summed E-state index contributed by atoms with van der Waals surface area (Å²) in [6.07, 6.45) is 6.94. The number of rotatable bonds is 3. The molecule has 0 aliphatic carbocycles. The van der Waals surface area contributed by atoms with Gasteiger partial charge in [-0.25, -0.2) is 9.97 Å². The Morgan fingerprint density at radius 2 is 2.04 bits per heavy atom. The molecule has 0 fully saturated rings. The standard InChI is InChI=1S/C18H17ClN8/c19-13-9-20-18(24-12-2-1-11-8-23-26-16(11)7-12)25-17(13)27-5-3-14-15(4-6-27)22-10-21-14/h1-2,7-10H,3-6H2,(H,21,22)(H,23,26)(H,20,24,25). The predicted molar refractivity (Wildman–Crippen MR) is 105 cm³/mol. The van der Waals surface area contributed by atoms with Crippen molar-refractivity contribution in [1.29, 1.82) is 0 Å². The number of imidazole rings is 1. The minimum absolute atomic E-state index is 0.508. The van der Waals surface area contributed by atoms with Crippen LogP contribution < -0.4 is 10.2 Å². The number of halogens is 1. The van der Waals surface area contributed by atoms with E-state index in [0.717, 1.165) is 54.0 Å². The molecule has 0 unspecified atom stereocenters. The van der Waals surface area contributed by atoms with Crippen LogP contribution in [0.5, 0.6) is 0 Å². The summed E-state index contributed by atoms with van der Waals surface area (Å²) < 4.78 is 0.